The number of carbonyl (C=O) groups excluding carboxylic acids is 1. The third-order valence-corrected chi connectivity index (χ3v) is 5.48. The lowest BCUT2D eigenvalue weighted by atomic mass is 10.1. The topological polar surface area (TPSA) is 67.7 Å². The molecule has 0 radical (unpaired) electrons. The summed E-state index contributed by atoms with van der Waals surface area (Å²) in [6.45, 7) is 3.56. The highest BCUT2D eigenvalue weighted by molar-refractivity contribution is 5.95. The maximum absolute atomic E-state index is 14.1. The van der Waals surface area contributed by atoms with Crippen molar-refractivity contribution in [2.45, 2.75) is 6.92 Å². The van der Waals surface area contributed by atoms with E-state index in [9.17, 15) is 14.0 Å². The van der Waals surface area contributed by atoms with E-state index in [1.807, 2.05) is 4.90 Å². The van der Waals surface area contributed by atoms with Crippen LogP contribution >= 0.6 is 0 Å². The molecular formula is C23H23FN4O3. The molecule has 1 aliphatic heterocycles. The highest BCUT2D eigenvalue weighted by atomic mass is 19.1. The van der Waals surface area contributed by atoms with Gasteiger partial charge in [0.25, 0.3) is 11.5 Å². The first-order valence-electron chi connectivity index (χ1n) is 10.0. The van der Waals surface area contributed by atoms with Crippen LogP contribution in [0.3, 0.4) is 0 Å². The van der Waals surface area contributed by atoms with E-state index < -0.39 is 5.56 Å². The maximum Gasteiger partial charge on any atom is 0.268 e. The smallest absolute Gasteiger partial charge is 0.268 e. The molecule has 31 heavy (non-hydrogen) atoms. The summed E-state index contributed by atoms with van der Waals surface area (Å²) in [5.41, 5.74) is 1.43. The number of halogens is 1. The molecule has 1 aliphatic rings. The summed E-state index contributed by atoms with van der Waals surface area (Å²) >= 11 is 0. The molecule has 0 bridgehead atoms. The molecule has 1 fully saturated rings. The third kappa shape index (κ3) is 4.01. The number of methoxy groups -OCH3 is 1. The monoisotopic (exact) mass is 422 g/mol. The molecule has 160 valence electrons. The van der Waals surface area contributed by atoms with E-state index in [1.165, 1.54) is 23.9 Å². The molecule has 1 amide bonds. The van der Waals surface area contributed by atoms with Crippen molar-refractivity contribution in [3.8, 4) is 11.6 Å². The number of amides is 1. The van der Waals surface area contributed by atoms with Crippen molar-refractivity contribution in [2.75, 3.05) is 38.2 Å². The molecule has 3 aromatic rings. The minimum absolute atomic E-state index is 0.137. The summed E-state index contributed by atoms with van der Waals surface area (Å²) in [7, 11) is 1.52. The van der Waals surface area contributed by atoms with Crippen molar-refractivity contribution >= 4 is 11.6 Å². The van der Waals surface area contributed by atoms with Gasteiger partial charge in [-0.3, -0.25) is 14.2 Å². The maximum atomic E-state index is 14.1. The van der Waals surface area contributed by atoms with Gasteiger partial charge in [-0.15, -0.1) is 0 Å². The summed E-state index contributed by atoms with van der Waals surface area (Å²) in [5, 5.41) is 0. The zero-order chi connectivity index (χ0) is 22.0. The average molecular weight is 422 g/mol. The van der Waals surface area contributed by atoms with Crippen LogP contribution in [0.5, 0.6) is 5.88 Å². The van der Waals surface area contributed by atoms with Gasteiger partial charge in [-0.05, 0) is 36.8 Å². The highest BCUT2D eigenvalue weighted by Gasteiger charge is 2.27. The zero-order valence-corrected chi connectivity index (χ0v) is 17.4. The number of ether oxygens (including phenoxy) is 1. The van der Waals surface area contributed by atoms with Crippen LogP contribution in [0.4, 0.5) is 10.1 Å². The normalized spacial score (nSPS) is 13.9. The quantitative estimate of drug-likeness (QED) is 0.647. The summed E-state index contributed by atoms with van der Waals surface area (Å²) in [5.74, 6) is -0.156. The van der Waals surface area contributed by atoms with Crippen molar-refractivity contribution in [1.29, 1.82) is 0 Å². The average Bonchev–Trinajstić information content (AvgIpc) is 2.80. The predicted molar refractivity (Wildman–Crippen MR) is 116 cm³/mol. The van der Waals surface area contributed by atoms with Gasteiger partial charge in [-0.2, -0.15) is 0 Å². The SMILES string of the molecule is COc1ccc(-n2ccc(C)c(C(=O)N3CCN(c4ccccc4F)CC3)c2=O)cn1. The van der Waals surface area contributed by atoms with Gasteiger partial charge in [-0.1, -0.05) is 12.1 Å². The second-order valence-electron chi connectivity index (χ2n) is 7.34. The molecule has 7 nitrogen and oxygen atoms in total. The van der Waals surface area contributed by atoms with Crippen LogP contribution in [0.25, 0.3) is 5.69 Å². The Bertz CT molecular complexity index is 1150. The Morgan fingerprint density at radius 3 is 2.45 bits per heavy atom. The minimum Gasteiger partial charge on any atom is -0.481 e. The number of carbonyl (C=O) groups is 1. The number of pyridine rings is 2. The molecule has 0 spiro atoms. The Kier molecular flexibility index (Phi) is 5.70. The van der Waals surface area contributed by atoms with Gasteiger partial charge in [0.2, 0.25) is 5.88 Å². The number of rotatable bonds is 4. The van der Waals surface area contributed by atoms with Crippen LogP contribution in [0, 0.1) is 12.7 Å². The summed E-state index contributed by atoms with van der Waals surface area (Å²) in [4.78, 5) is 34.1. The first kappa shape index (κ1) is 20.6. The van der Waals surface area contributed by atoms with E-state index in [-0.39, 0.29) is 17.3 Å². The van der Waals surface area contributed by atoms with E-state index in [2.05, 4.69) is 4.98 Å². The van der Waals surface area contributed by atoms with Crippen molar-refractivity contribution in [2.24, 2.45) is 0 Å². The van der Waals surface area contributed by atoms with E-state index >= 15 is 0 Å². The summed E-state index contributed by atoms with van der Waals surface area (Å²) in [6, 6.07) is 11.7. The summed E-state index contributed by atoms with van der Waals surface area (Å²) < 4.78 is 20.5. The third-order valence-electron chi connectivity index (χ3n) is 5.48. The Morgan fingerprint density at radius 2 is 1.81 bits per heavy atom. The molecule has 4 rings (SSSR count). The van der Waals surface area contributed by atoms with Crippen LogP contribution in [0.15, 0.2) is 59.7 Å². The van der Waals surface area contributed by atoms with Crippen molar-refractivity contribution in [3.05, 3.63) is 82.2 Å². The fourth-order valence-corrected chi connectivity index (χ4v) is 3.74. The number of para-hydroxylation sites is 1. The van der Waals surface area contributed by atoms with Crippen LogP contribution < -0.4 is 15.2 Å². The Morgan fingerprint density at radius 1 is 1.06 bits per heavy atom. The zero-order valence-electron chi connectivity index (χ0n) is 17.4. The molecule has 0 saturated carbocycles. The molecule has 2 aromatic heterocycles. The Hall–Kier alpha value is -3.68. The molecule has 8 heteroatoms. The van der Waals surface area contributed by atoms with Crippen LogP contribution in [0.2, 0.25) is 0 Å². The van der Waals surface area contributed by atoms with Gasteiger partial charge in [0.15, 0.2) is 0 Å². The van der Waals surface area contributed by atoms with E-state index in [0.29, 0.717) is 49.0 Å². The lowest BCUT2D eigenvalue weighted by molar-refractivity contribution is 0.0743. The van der Waals surface area contributed by atoms with Gasteiger partial charge in [-0.25, -0.2) is 9.37 Å². The molecule has 0 unspecified atom stereocenters. The van der Waals surface area contributed by atoms with Gasteiger partial charge in [0.05, 0.1) is 24.7 Å². The van der Waals surface area contributed by atoms with E-state index in [0.717, 1.165) is 0 Å². The first-order valence-corrected chi connectivity index (χ1v) is 10.0. The van der Waals surface area contributed by atoms with Crippen molar-refractivity contribution in [3.63, 3.8) is 0 Å². The lowest BCUT2D eigenvalue weighted by Crippen LogP contribution is -2.50. The second kappa shape index (κ2) is 8.59. The number of anilines is 1. The van der Waals surface area contributed by atoms with Crippen LogP contribution in [-0.4, -0.2) is 53.6 Å². The fraction of sp³-hybridized carbons (Fsp3) is 0.261. The molecule has 0 aliphatic carbocycles. The van der Waals surface area contributed by atoms with Gasteiger partial charge in [0, 0.05) is 38.4 Å². The van der Waals surface area contributed by atoms with Gasteiger partial charge >= 0.3 is 0 Å². The number of hydrogen-bond donors (Lipinski definition) is 0. The van der Waals surface area contributed by atoms with Gasteiger partial charge < -0.3 is 14.5 Å². The number of benzene rings is 1. The predicted octanol–water partition coefficient (Wildman–Crippen LogP) is 2.65. The molecule has 1 saturated heterocycles. The van der Waals surface area contributed by atoms with E-state index in [4.69, 9.17) is 4.74 Å². The first-order chi connectivity index (χ1) is 15.0. The Balaban J connectivity index is 1.56. The Labute approximate surface area is 179 Å². The molecular weight excluding hydrogens is 399 g/mol. The van der Waals surface area contributed by atoms with Crippen molar-refractivity contribution in [1.82, 2.24) is 14.5 Å². The molecule has 1 aromatic carbocycles. The largest absolute Gasteiger partial charge is 0.481 e. The fourth-order valence-electron chi connectivity index (χ4n) is 3.74. The summed E-state index contributed by atoms with van der Waals surface area (Å²) in [6.07, 6.45) is 3.16. The standard InChI is InChI=1S/C23H23FN4O3/c1-16-9-10-28(17-7-8-20(31-2)25-15-17)23(30)21(16)22(29)27-13-11-26(12-14-27)19-6-4-3-5-18(19)24/h3-10,15H,11-14H2,1-2H3. The second-order valence-corrected chi connectivity index (χ2v) is 7.34. The molecule has 3 heterocycles. The van der Waals surface area contributed by atoms with Gasteiger partial charge in [0.1, 0.15) is 11.4 Å². The molecule has 0 atom stereocenters. The minimum atomic E-state index is -0.395. The number of aryl methyl sites for hydroxylation is 1. The van der Waals surface area contributed by atoms with Crippen LogP contribution in [0.1, 0.15) is 15.9 Å². The van der Waals surface area contributed by atoms with Crippen molar-refractivity contribution < 1.29 is 13.9 Å². The van der Waals surface area contributed by atoms with E-state index in [1.54, 1.807) is 54.4 Å². The number of piperazine rings is 1. The molecule has 0 N–H and O–H groups in total. The van der Waals surface area contributed by atoms with Crippen LogP contribution in [-0.2, 0) is 0 Å². The number of aromatic nitrogens is 2. The lowest BCUT2D eigenvalue weighted by Gasteiger charge is -2.36. The number of hydrogen-bond acceptors (Lipinski definition) is 5. The highest BCUT2D eigenvalue weighted by Crippen LogP contribution is 2.21. The number of nitrogens with zero attached hydrogens (tertiary/aromatic N) is 4.